The van der Waals surface area contributed by atoms with E-state index < -0.39 is 5.60 Å². The van der Waals surface area contributed by atoms with Gasteiger partial charge in [-0.2, -0.15) is 0 Å². The lowest BCUT2D eigenvalue weighted by Crippen LogP contribution is -2.43. The molecule has 1 aliphatic rings. The van der Waals surface area contributed by atoms with Crippen LogP contribution in [0.3, 0.4) is 0 Å². The number of halogens is 1. The fourth-order valence-corrected chi connectivity index (χ4v) is 4.12. The van der Waals surface area contributed by atoms with Crippen LogP contribution >= 0.6 is 15.9 Å². The Morgan fingerprint density at radius 1 is 1.11 bits per heavy atom. The number of hydrogen-bond acceptors (Lipinski definition) is 4. The van der Waals surface area contributed by atoms with Crippen molar-refractivity contribution in [3.05, 3.63) is 64.1 Å². The van der Waals surface area contributed by atoms with E-state index in [-0.39, 0.29) is 0 Å². The zero-order valence-electron chi connectivity index (χ0n) is 15.6. The summed E-state index contributed by atoms with van der Waals surface area (Å²) in [5.41, 5.74) is 2.28. The molecule has 0 saturated carbocycles. The molecule has 5 heteroatoms. The minimum absolute atomic E-state index is 0.680. The summed E-state index contributed by atoms with van der Waals surface area (Å²) in [4.78, 5) is 7.13. The SMILES string of the molecule is COc1cccc2c(C)cc(N3CCC(O)(c4ccc(Br)cc4)CC3)nc12. The predicted molar refractivity (Wildman–Crippen MR) is 113 cm³/mol. The molecule has 4 nitrogen and oxygen atoms in total. The Bertz CT molecular complexity index is 964. The number of ether oxygens (including phenoxy) is 1. The van der Waals surface area contributed by atoms with E-state index in [0.29, 0.717) is 12.8 Å². The van der Waals surface area contributed by atoms with Crippen molar-refractivity contribution < 1.29 is 9.84 Å². The van der Waals surface area contributed by atoms with Crippen molar-refractivity contribution in [2.24, 2.45) is 0 Å². The molecule has 3 aromatic rings. The number of para-hydroxylation sites is 1. The van der Waals surface area contributed by atoms with Crippen LogP contribution < -0.4 is 9.64 Å². The second kappa shape index (κ2) is 7.13. The van der Waals surface area contributed by atoms with Crippen molar-refractivity contribution in [2.45, 2.75) is 25.4 Å². The third-order valence-electron chi connectivity index (χ3n) is 5.51. The van der Waals surface area contributed by atoms with E-state index in [0.717, 1.165) is 45.6 Å². The maximum absolute atomic E-state index is 11.1. The zero-order valence-corrected chi connectivity index (χ0v) is 17.2. The minimum atomic E-state index is -0.777. The van der Waals surface area contributed by atoms with Crippen LogP contribution in [0, 0.1) is 6.92 Å². The molecule has 0 aliphatic carbocycles. The van der Waals surface area contributed by atoms with Gasteiger partial charge >= 0.3 is 0 Å². The summed E-state index contributed by atoms with van der Waals surface area (Å²) in [7, 11) is 1.68. The Kier molecular flexibility index (Phi) is 4.82. The lowest BCUT2D eigenvalue weighted by atomic mass is 9.84. The summed E-state index contributed by atoms with van der Waals surface area (Å²) in [5, 5.41) is 12.2. The number of methoxy groups -OCH3 is 1. The molecular weight excluding hydrogens is 404 g/mol. The second-order valence-electron chi connectivity index (χ2n) is 7.18. The molecule has 0 radical (unpaired) electrons. The molecule has 0 bridgehead atoms. The Balaban J connectivity index is 1.60. The molecule has 1 aliphatic heterocycles. The van der Waals surface area contributed by atoms with Gasteiger partial charge in [-0.1, -0.05) is 40.2 Å². The lowest BCUT2D eigenvalue weighted by Gasteiger charge is -2.39. The van der Waals surface area contributed by atoms with E-state index in [1.165, 1.54) is 5.56 Å². The van der Waals surface area contributed by atoms with Gasteiger partial charge in [0.2, 0.25) is 0 Å². The van der Waals surface area contributed by atoms with Gasteiger partial charge in [0.15, 0.2) is 0 Å². The van der Waals surface area contributed by atoms with Gasteiger partial charge in [-0.15, -0.1) is 0 Å². The Labute approximate surface area is 167 Å². The van der Waals surface area contributed by atoms with Gasteiger partial charge in [-0.3, -0.25) is 0 Å². The molecule has 0 spiro atoms. The summed E-state index contributed by atoms with van der Waals surface area (Å²) in [6.07, 6.45) is 1.36. The van der Waals surface area contributed by atoms with Crippen molar-refractivity contribution in [2.75, 3.05) is 25.1 Å². The molecule has 1 N–H and O–H groups in total. The van der Waals surface area contributed by atoms with Gasteiger partial charge in [0, 0.05) is 22.9 Å². The molecule has 1 fully saturated rings. The van der Waals surface area contributed by atoms with Crippen molar-refractivity contribution in [3.63, 3.8) is 0 Å². The lowest BCUT2D eigenvalue weighted by molar-refractivity contribution is 0.0116. The Hall–Kier alpha value is -2.11. The molecule has 1 saturated heterocycles. The zero-order chi connectivity index (χ0) is 19.0. The predicted octanol–water partition coefficient (Wildman–Crippen LogP) is 4.80. The third kappa shape index (κ3) is 3.42. The average molecular weight is 427 g/mol. The van der Waals surface area contributed by atoms with Crippen LogP contribution in [0.4, 0.5) is 5.82 Å². The van der Waals surface area contributed by atoms with Gasteiger partial charge in [-0.25, -0.2) is 4.98 Å². The van der Waals surface area contributed by atoms with E-state index in [1.807, 2.05) is 36.4 Å². The summed E-state index contributed by atoms with van der Waals surface area (Å²) >= 11 is 3.46. The fourth-order valence-electron chi connectivity index (χ4n) is 3.86. The van der Waals surface area contributed by atoms with Gasteiger partial charge in [0.25, 0.3) is 0 Å². The largest absolute Gasteiger partial charge is 0.494 e. The Morgan fingerprint density at radius 2 is 1.81 bits per heavy atom. The minimum Gasteiger partial charge on any atom is -0.494 e. The number of piperidine rings is 1. The smallest absolute Gasteiger partial charge is 0.145 e. The molecule has 140 valence electrons. The van der Waals surface area contributed by atoms with Crippen molar-refractivity contribution in [1.29, 1.82) is 0 Å². The van der Waals surface area contributed by atoms with Crippen LogP contribution in [0.2, 0.25) is 0 Å². The van der Waals surface area contributed by atoms with E-state index >= 15 is 0 Å². The highest BCUT2D eigenvalue weighted by Crippen LogP contribution is 2.36. The Morgan fingerprint density at radius 3 is 2.48 bits per heavy atom. The molecule has 4 rings (SSSR count). The highest BCUT2D eigenvalue weighted by molar-refractivity contribution is 9.10. The monoisotopic (exact) mass is 426 g/mol. The summed E-state index contributed by atoms with van der Waals surface area (Å²) in [6, 6.07) is 16.1. The van der Waals surface area contributed by atoms with E-state index in [1.54, 1.807) is 7.11 Å². The molecule has 0 atom stereocenters. The molecule has 0 unspecified atom stereocenters. The van der Waals surface area contributed by atoms with Crippen LogP contribution in [0.25, 0.3) is 10.9 Å². The van der Waals surface area contributed by atoms with Crippen LogP contribution in [-0.4, -0.2) is 30.3 Å². The van der Waals surface area contributed by atoms with E-state index in [4.69, 9.17) is 9.72 Å². The van der Waals surface area contributed by atoms with Gasteiger partial charge in [-0.05, 0) is 55.2 Å². The number of fused-ring (bicyclic) bond motifs is 1. The number of rotatable bonds is 3. The molecule has 2 heterocycles. The highest BCUT2D eigenvalue weighted by Gasteiger charge is 2.34. The quantitative estimate of drug-likeness (QED) is 0.652. The standard InChI is InChI=1S/C22H23BrN2O2/c1-15-14-20(24-21-18(15)4-3-5-19(21)27-2)25-12-10-22(26,11-13-25)16-6-8-17(23)9-7-16/h3-9,14,26H,10-13H2,1-2H3. The van der Waals surface area contributed by atoms with Gasteiger partial charge < -0.3 is 14.7 Å². The summed E-state index contributed by atoms with van der Waals surface area (Å²) < 4.78 is 6.53. The third-order valence-corrected chi connectivity index (χ3v) is 6.04. The molecule has 0 amide bonds. The normalized spacial score (nSPS) is 16.5. The number of benzene rings is 2. The number of pyridine rings is 1. The van der Waals surface area contributed by atoms with Gasteiger partial charge in [0.05, 0.1) is 12.7 Å². The van der Waals surface area contributed by atoms with Crippen LogP contribution in [0.5, 0.6) is 5.75 Å². The first-order chi connectivity index (χ1) is 13.0. The van der Waals surface area contributed by atoms with Crippen molar-refractivity contribution in [1.82, 2.24) is 4.98 Å². The topological polar surface area (TPSA) is 45.6 Å². The second-order valence-corrected chi connectivity index (χ2v) is 8.09. The van der Waals surface area contributed by atoms with Crippen molar-refractivity contribution in [3.8, 4) is 5.75 Å². The number of hydrogen-bond donors (Lipinski definition) is 1. The average Bonchev–Trinajstić information content (AvgIpc) is 2.68. The van der Waals surface area contributed by atoms with Crippen LogP contribution in [-0.2, 0) is 5.60 Å². The van der Waals surface area contributed by atoms with Crippen LogP contribution in [0.15, 0.2) is 53.0 Å². The first kappa shape index (κ1) is 18.3. The van der Waals surface area contributed by atoms with Crippen molar-refractivity contribution >= 4 is 32.7 Å². The fraction of sp³-hybridized carbons (Fsp3) is 0.318. The highest BCUT2D eigenvalue weighted by atomic mass is 79.9. The van der Waals surface area contributed by atoms with Gasteiger partial charge in [0.1, 0.15) is 17.1 Å². The van der Waals surface area contributed by atoms with Crippen LogP contribution in [0.1, 0.15) is 24.0 Å². The maximum Gasteiger partial charge on any atom is 0.145 e. The maximum atomic E-state index is 11.1. The number of aromatic nitrogens is 1. The first-order valence-corrected chi connectivity index (χ1v) is 9.97. The number of nitrogens with zero attached hydrogens (tertiary/aromatic N) is 2. The first-order valence-electron chi connectivity index (χ1n) is 9.18. The molecule has 27 heavy (non-hydrogen) atoms. The summed E-state index contributed by atoms with van der Waals surface area (Å²) in [6.45, 7) is 3.63. The van der Waals surface area contributed by atoms with E-state index in [9.17, 15) is 5.11 Å². The number of anilines is 1. The number of aliphatic hydroxyl groups is 1. The molecule has 1 aromatic heterocycles. The molecule has 2 aromatic carbocycles. The summed E-state index contributed by atoms with van der Waals surface area (Å²) in [5.74, 6) is 1.74. The molecular formula is C22H23BrN2O2. The van der Waals surface area contributed by atoms with E-state index in [2.05, 4.69) is 39.9 Å². The number of aryl methyl sites for hydroxylation is 1.